The number of hydrogen-bond donors (Lipinski definition) is 0. The van der Waals surface area contributed by atoms with Crippen molar-refractivity contribution < 1.29 is 8.91 Å². The highest BCUT2D eigenvalue weighted by Crippen LogP contribution is 2.27. The summed E-state index contributed by atoms with van der Waals surface area (Å²) in [5, 5.41) is 3.80. The van der Waals surface area contributed by atoms with E-state index in [2.05, 4.69) is 5.16 Å². The second kappa shape index (κ2) is 3.85. The van der Waals surface area contributed by atoms with Crippen LogP contribution in [0.1, 0.15) is 18.2 Å². The zero-order valence-electron chi connectivity index (χ0n) is 8.75. The Morgan fingerprint density at radius 1 is 1.33 bits per heavy atom. The van der Waals surface area contributed by atoms with Crippen LogP contribution in [0.4, 0.5) is 4.39 Å². The van der Waals surface area contributed by atoms with Crippen LogP contribution in [0.2, 0.25) is 0 Å². The molecule has 1 heterocycles. The van der Waals surface area contributed by atoms with Crippen molar-refractivity contribution in [2.75, 3.05) is 0 Å². The van der Waals surface area contributed by atoms with Crippen LogP contribution >= 0.6 is 0 Å². The Bertz CT molecular complexity index is 476. The summed E-state index contributed by atoms with van der Waals surface area (Å²) < 4.78 is 18.0. The van der Waals surface area contributed by atoms with Crippen LogP contribution in [0.25, 0.3) is 11.1 Å². The molecule has 0 bridgehead atoms. The van der Waals surface area contributed by atoms with Crippen LogP contribution in [0.5, 0.6) is 0 Å². The molecule has 0 fully saturated rings. The lowest BCUT2D eigenvalue weighted by Crippen LogP contribution is -1.89. The summed E-state index contributed by atoms with van der Waals surface area (Å²) in [5.74, 6) is -0.234. The fourth-order valence-corrected chi connectivity index (χ4v) is 1.66. The summed E-state index contributed by atoms with van der Waals surface area (Å²) in [6.45, 7) is 3.89. The highest BCUT2D eigenvalue weighted by Gasteiger charge is 2.10. The van der Waals surface area contributed by atoms with E-state index < -0.39 is 0 Å². The lowest BCUT2D eigenvalue weighted by molar-refractivity contribution is 0.415. The van der Waals surface area contributed by atoms with Gasteiger partial charge in [0, 0.05) is 5.56 Å². The van der Waals surface area contributed by atoms with Crippen LogP contribution in [-0.4, -0.2) is 5.16 Å². The highest BCUT2D eigenvalue weighted by atomic mass is 19.1. The summed E-state index contributed by atoms with van der Waals surface area (Å²) in [6, 6.07) is 4.81. The lowest BCUT2D eigenvalue weighted by atomic mass is 9.99. The molecule has 78 valence electrons. The van der Waals surface area contributed by atoms with E-state index in [0.29, 0.717) is 0 Å². The number of halogens is 1. The number of rotatable bonds is 2. The molecule has 0 saturated heterocycles. The topological polar surface area (TPSA) is 26.0 Å². The van der Waals surface area contributed by atoms with Crippen molar-refractivity contribution >= 4 is 0 Å². The second-order valence-electron chi connectivity index (χ2n) is 3.47. The minimum atomic E-state index is -0.234. The molecule has 0 amide bonds. The van der Waals surface area contributed by atoms with Gasteiger partial charge in [-0.15, -0.1) is 0 Å². The summed E-state index contributed by atoms with van der Waals surface area (Å²) in [6.07, 6.45) is 2.42. The van der Waals surface area contributed by atoms with E-state index in [9.17, 15) is 4.39 Å². The molecule has 1 aromatic heterocycles. The van der Waals surface area contributed by atoms with Gasteiger partial charge in [0.05, 0.1) is 5.69 Å². The first-order valence-corrected chi connectivity index (χ1v) is 4.92. The molecule has 2 rings (SSSR count). The van der Waals surface area contributed by atoms with Crippen molar-refractivity contribution in [1.82, 2.24) is 5.16 Å². The predicted molar refractivity (Wildman–Crippen MR) is 56.0 cm³/mol. The summed E-state index contributed by atoms with van der Waals surface area (Å²) in [5.41, 5.74) is 3.63. The molecule has 2 aromatic rings. The Kier molecular flexibility index (Phi) is 2.54. The highest BCUT2D eigenvalue weighted by molar-refractivity contribution is 5.68. The van der Waals surface area contributed by atoms with Crippen molar-refractivity contribution in [2.45, 2.75) is 20.3 Å². The first-order valence-electron chi connectivity index (χ1n) is 4.92. The zero-order chi connectivity index (χ0) is 10.8. The molecule has 15 heavy (non-hydrogen) atoms. The quantitative estimate of drug-likeness (QED) is 0.751. The van der Waals surface area contributed by atoms with Crippen LogP contribution in [0, 0.1) is 12.7 Å². The van der Waals surface area contributed by atoms with E-state index in [1.165, 1.54) is 12.1 Å². The van der Waals surface area contributed by atoms with Gasteiger partial charge in [-0.05, 0) is 36.6 Å². The van der Waals surface area contributed by atoms with Gasteiger partial charge >= 0.3 is 0 Å². The average Bonchev–Trinajstić information content (AvgIpc) is 2.64. The van der Waals surface area contributed by atoms with Gasteiger partial charge in [0.25, 0.3) is 0 Å². The summed E-state index contributed by atoms with van der Waals surface area (Å²) >= 11 is 0. The Morgan fingerprint density at radius 3 is 2.73 bits per heavy atom. The Labute approximate surface area is 87.7 Å². The predicted octanol–water partition coefficient (Wildman–Crippen LogP) is 3.35. The van der Waals surface area contributed by atoms with Gasteiger partial charge in [0.15, 0.2) is 0 Å². The third-order valence-corrected chi connectivity index (χ3v) is 2.49. The van der Waals surface area contributed by atoms with Gasteiger partial charge in [0.2, 0.25) is 0 Å². The third-order valence-electron chi connectivity index (χ3n) is 2.49. The van der Waals surface area contributed by atoms with Crippen molar-refractivity contribution in [3.8, 4) is 11.1 Å². The molecular weight excluding hydrogens is 193 g/mol. The van der Waals surface area contributed by atoms with E-state index in [4.69, 9.17) is 4.52 Å². The van der Waals surface area contributed by atoms with Gasteiger partial charge in [-0.25, -0.2) is 4.39 Å². The van der Waals surface area contributed by atoms with Gasteiger partial charge in [-0.1, -0.05) is 18.1 Å². The van der Waals surface area contributed by atoms with E-state index in [1.807, 2.05) is 13.8 Å². The van der Waals surface area contributed by atoms with E-state index in [0.717, 1.165) is 28.8 Å². The van der Waals surface area contributed by atoms with Gasteiger partial charge in [0.1, 0.15) is 12.1 Å². The maximum Gasteiger partial charge on any atom is 0.131 e. The number of aryl methyl sites for hydroxylation is 2. The maximum absolute atomic E-state index is 13.2. The molecule has 0 unspecified atom stereocenters. The minimum absolute atomic E-state index is 0.234. The Hall–Kier alpha value is -1.64. The molecule has 0 saturated carbocycles. The molecule has 3 heteroatoms. The lowest BCUT2D eigenvalue weighted by Gasteiger charge is -2.05. The molecule has 0 aliphatic heterocycles. The Balaban J connectivity index is 2.60. The molecule has 0 N–H and O–H groups in total. The van der Waals surface area contributed by atoms with Crippen molar-refractivity contribution in [3.05, 3.63) is 41.5 Å². The second-order valence-corrected chi connectivity index (χ2v) is 3.47. The number of aromatic nitrogens is 1. The number of hydrogen-bond acceptors (Lipinski definition) is 2. The molecule has 0 radical (unpaired) electrons. The van der Waals surface area contributed by atoms with Crippen LogP contribution in [-0.2, 0) is 6.42 Å². The average molecular weight is 205 g/mol. The van der Waals surface area contributed by atoms with Crippen molar-refractivity contribution in [1.29, 1.82) is 0 Å². The molecule has 0 spiro atoms. The molecule has 0 aliphatic carbocycles. The van der Waals surface area contributed by atoms with Gasteiger partial charge < -0.3 is 4.52 Å². The Morgan fingerprint density at radius 2 is 2.13 bits per heavy atom. The molecule has 0 atom stereocenters. The molecule has 1 aromatic carbocycles. The van der Waals surface area contributed by atoms with Crippen molar-refractivity contribution in [3.63, 3.8) is 0 Å². The molecular formula is C12H12FNO. The van der Waals surface area contributed by atoms with Gasteiger partial charge in [-0.2, -0.15) is 0 Å². The third kappa shape index (κ3) is 1.77. The van der Waals surface area contributed by atoms with E-state index in [1.54, 1.807) is 12.3 Å². The molecule has 0 aliphatic rings. The first kappa shape index (κ1) is 9.90. The first-order chi connectivity index (χ1) is 7.22. The standard InChI is InChI=1S/C12H12FNO/c1-3-9-4-5-10(13)6-11(9)12-7-15-14-8(12)2/h4-7H,3H2,1-2H3. The normalized spacial score (nSPS) is 10.6. The largest absolute Gasteiger partial charge is 0.364 e. The SMILES string of the molecule is CCc1ccc(F)cc1-c1conc1C. The van der Waals surface area contributed by atoms with Crippen LogP contribution < -0.4 is 0 Å². The zero-order valence-corrected chi connectivity index (χ0v) is 8.75. The van der Waals surface area contributed by atoms with E-state index >= 15 is 0 Å². The summed E-state index contributed by atoms with van der Waals surface area (Å²) in [4.78, 5) is 0. The minimum Gasteiger partial charge on any atom is -0.364 e. The fourth-order valence-electron chi connectivity index (χ4n) is 1.66. The molecule has 2 nitrogen and oxygen atoms in total. The van der Waals surface area contributed by atoms with E-state index in [-0.39, 0.29) is 5.82 Å². The maximum atomic E-state index is 13.2. The van der Waals surface area contributed by atoms with Crippen LogP contribution in [0.15, 0.2) is 29.0 Å². The van der Waals surface area contributed by atoms with Crippen LogP contribution in [0.3, 0.4) is 0 Å². The van der Waals surface area contributed by atoms with Gasteiger partial charge in [-0.3, -0.25) is 0 Å². The van der Waals surface area contributed by atoms with Crippen molar-refractivity contribution in [2.24, 2.45) is 0 Å². The fraction of sp³-hybridized carbons (Fsp3) is 0.250. The smallest absolute Gasteiger partial charge is 0.131 e. The summed E-state index contributed by atoms with van der Waals surface area (Å²) in [7, 11) is 0. The number of nitrogens with zero attached hydrogens (tertiary/aromatic N) is 1. The number of benzene rings is 1. The monoisotopic (exact) mass is 205 g/mol.